The molecule has 0 saturated carbocycles. The largest absolute Gasteiger partial charge is 0.465 e. The Morgan fingerprint density at radius 2 is 2.00 bits per heavy atom. The minimum Gasteiger partial charge on any atom is -0.465 e. The van der Waals surface area contributed by atoms with Crippen molar-refractivity contribution in [3.8, 4) is 0 Å². The Morgan fingerprint density at radius 1 is 1.54 bits per heavy atom. The highest BCUT2D eigenvalue weighted by molar-refractivity contribution is 9.10. The summed E-state index contributed by atoms with van der Waals surface area (Å²) in [6.45, 7) is 2.54. The molecular formula is C7H10BrF3O2. The zero-order chi connectivity index (χ0) is 10.6. The van der Waals surface area contributed by atoms with Crippen LogP contribution < -0.4 is 0 Å². The molecule has 0 aliphatic heterocycles. The maximum absolute atomic E-state index is 12.1. The summed E-state index contributed by atoms with van der Waals surface area (Å²) in [5.41, 5.74) is 0. The summed E-state index contributed by atoms with van der Waals surface area (Å²) in [5.74, 6) is -2.63. The van der Waals surface area contributed by atoms with E-state index in [4.69, 9.17) is 0 Å². The summed E-state index contributed by atoms with van der Waals surface area (Å²) in [6.07, 6.45) is -4.39. The van der Waals surface area contributed by atoms with Crippen molar-refractivity contribution in [3.63, 3.8) is 0 Å². The van der Waals surface area contributed by atoms with Gasteiger partial charge < -0.3 is 4.74 Å². The number of halogens is 4. The summed E-state index contributed by atoms with van der Waals surface area (Å²) in [7, 11) is 0. The summed E-state index contributed by atoms with van der Waals surface area (Å²) in [5, 5.41) is 0. The Morgan fingerprint density at radius 3 is 2.31 bits per heavy atom. The third-order valence-corrected chi connectivity index (χ3v) is 2.63. The van der Waals surface area contributed by atoms with Gasteiger partial charge in [-0.3, -0.25) is 4.79 Å². The number of alkyl halides is 4. The highest BCUT2D eigenvalue weighted by atomic mass is 79.9. The monoisotopic (exact) mass is 262 g/mol. The molecule has 0 aliphatic rings. The van der Waals surface area contributed by atoms with Crippen LogP contribution in [0.4, 0.5) is 13.2 Å². The smallest absolute Gasteiger partial charge is 0.393 e. The van der Waals surface area contributed by atoms with Gasteiger partial charge in [0.15, 0.2) is 0 Å². The van der Waals surface area contributed by atoms with E-state index in [1.807, 2.05) is 0 Å². The molecule has 0 fully saturated rings. The topological polar surface area (TPSA) is 26.3 Å². The molecule has 0 rings (SSSR count). The Hall–Kier alpha value is -0.260. The van der Waals surface area contributed by atoms with E-state index in [0.29, 0.717) is 0 Å². The molecule has 13 heavy (non-hydrogen) atoms. The molecule has 0 aliphatic carbocycles. The van der Waals surface area contributed by atoms with Crippen LogP contribution in [-0.4, -0.2) is 23.6 Å². The first-order valence-corrected chi connectivity index (χ1v) is 4.59. The second-order valence-corrected chi connectivity index (χ2v) is 3.47. The van der Waals surface area contributed by atoms with E-state index in [-0.39, 0.29) is 6.61 Å². The van der Waals surface area contributed by atoms with Gasteiger partial charge in [-0.2, -0.15) is 13.2 Å². The molecule has 2 nitrogen and oxygen atoms in total. The van der Waals surface area contributed by atoms with Crippen LogP contribution >= 0.6 is 15.9 Å². The minimum atomic E-state index is -4.39. The average molecular weight is 263 g/mol. The number of hydrogen-bond donors (Lipinski definition) is 0. The van der Waals surface area contributed by atoms with Crippen molar-refractivity contribution in [1.82, 2.24) is 0 Å². The molecule has 78 valence electrons. The molecule has 0 saturated heterocycles. The van der Waals surface area contributed by atoms with E-state index in [0.717, 1.165) is 6.92 Å². The van der Waals surface area contributed by atoms with Crippen LogP contribution in [0, 0.1) is 5.92 Å². The fraction of sp³-hybridized carbons (Fsp3) is 0.857. The molecule has 6 heteroatoms. The third kappa shape index (κ3) is 3.97. The zero-order valence-electron chi connectivity index (χ0n) is 7.19. The molecule has 2 unspecified atom stereocenters. The SMILES string of the molecule is CCOC(=O)C(Br)C(C)C(F)(F)F. The molecule has 0 aromatic rings. The standard InChI is InChI=1S/C7H10BrF3O2/c1-3-13-6(12)5(8)4(2)7(9,10)11/h4-5H,3H2,1-2H3. The quantitative estimate of drug-likeness (QED) is 0.577. The van der Waals surface area contributed by atoms with Gasteiger partial charge in [-0.05, 0) is 6.92 Å². The summed E-state index contributed by atoms with van der Waals surface area (Å²) < 4.78 is 40.6. The van der Waals surface area contributed by atoms with Crippen molar-refractivity contribution in [2.45, 2.75) is 24.9 Å². The Kier molecular flexibility index (Phi) is 4.74. The second-order valence-electron chi connectivity index (χ2n) is 2.48. The molecule has 0 heterocycles. The molecule has 0 spiro atoms. The highest BCUT2D eigenvalue weighted by Crippen LogP contribution is 2.32. The second kappa shape index (κ2) is 4.83. The van der Waals surface area contributed by atoms with Crippen LogP contribution in [-0.2, 0) is 9.53 Å². The number of hydrogen-bond acceptors (Lipinski definition) is 2. The van der Waals surface area contributed by atoms with E-state index in [1.165, 1.54) is 6.92 Å². The first-order valence-electron chi connectivity index (χ1n) is 3.68. The van der Waals surface area contributed by atoms with E-state index in [1.54, 1.807) is 0 Å². The van der Waals surface area contributed by atoms with Gasteiger partial charge in [0, 0.05) is 0 Å². The van der Waals surface area contributed by atoms with Crippen LogP contribution in [0.25, 0.3) is 0 Å². The molecule has 0 aromatic carbocycles. The number of carbonyl (C=O) groups is 1. The average Bonchev–Trinajstić information content (AvgIpc) is 2.00. The lowest BCUT2D eigenvalue weighted by Gasteiger charge is -2.19. The van der Waals surface area contributed by atoms with E-state index < -0.39 is 22.9 Å². The highest BCUT2D eigenvalue weighted by Gasteiger charge is 2.43. The summed E-state index contributed by atoms with van der Waals surface area (Å²) in [4.78, 5) is 9.54. The molecule has 0 radical (unpaired) electrons. The molecule has 0 bridgehead atoms. The van der Waals surface area contributed by atoms with Crippen LogP contribution in [0.5, 0.6) is 0 Å². The molecule has 2 atom stereocenters. The number of rotatable bonds is 3. The van der Waals surface area contributed by atoms with Gasteiger partial charge in [-0.15, -0.1) is 0 Å². The van der Waals surface area contributed by atoms with E-state index >= 15 is 0 Å². The van der Waals surface area contributed by atoms with Crippen LogP contribution in [0.2, 0.25) is 0 Å². The van der Waals surface area contributed by atoms with Crippen molar-refractivity contribution in [2.24, 2.45) is 5.92 Å². The van der Waals surface area contributed by atoms with Gasteiger partial charge in [-0.25, -0.2) is 0 Å². The fourth-order valence-corrected chi connectivity index (χ4v) is 1.02. The van der Waals surface area contributed by atoms with E-state index in [9.17, 15) is 18.0 Å². The van der Waals surface area contributed by atoms with Crippen LogP contribution in [0.3, 0.4) is 0 Å². The van der Waals surface area contributed by atoms with Gasteiger partial charge in [0.1, 0.15) is 4.83 Å². The predicted molar refractivity (Wildman–Crippen MR) is 44.6 cm³/mol. The Labute approximate surface area is 82.6 Å². The van der Waals surface area contributed by atoms with E-state index in [2.05, 4.69) is 20.7 Å². The summed E-state index contributed by atoms with van der Waals surface area (Å²) >= 11 is 2.65. The van der Waals surface area contributed by atoms with Gasteiger partial charge in [-0.1, -0.05) is 22.9 Å². The van der Waals surface area contributed by atoms with Gasteiger partial charge in [0.05, 0.1) is 12.5 Å². The first kappa shape index (κ1) is 12.7. The van der Waals surface area contributed by atoms with Crippen LogP contribution in [0.1, 0.15) is 13.8 Å². The zero-order valence-corrected chi connectivity index (χ0v) is 8.78. The number of carbonyl (C=O) groups excluding carboxylic acids is 1. The van der Waals surface area contributed by atoms with Crippen LogP contribution in [0.15, 0.2) is 0 Å². The fourth-order valence-electron chi connectivity index (χ4n) is 0.592. The molecular weight excluding hydrogens is 253 g/mol. The van der Waals surface area contributed by atoms with Crippen molar-refractivity contribution in [1.29, 1.82) is 0 Å². The number of esters is 1. The van der Waals surface area contributed by atoms with Gasteiger partial charge in [0.2, 0.25) is 0 Å². The third-order valence-electron chi connectivity index (χ3n) is 1.47. The lowest BCUT2D eigenvalue weighted by Crippen LogP contribution is -2.34. The molecule has 0 amide bonds. The lowest BCUT2D eigenvalue weighted by molar-refractivity contribution is -0.177. The van der Waals surface area contributed by atoms with Gasteiger partial charge >= 0.3 is 12.1 Å². The maximum atomic E-state index is 12.1. The Balaban J connectivity index is 4.25. The van der Waals surface area contributed by atoms with Crippen molar-refractivity contribution in [2.75, 3.05) is 6.61 Å². The number of ether oxygens (including phenoxy) is 1. The first-order chi connectivity index (χ1) is 5.80. The van der Waals surface area contributed by atoms with Gasteiger partial charge in [0.25, 0.3) is 0 Å². The Bertz CT molecular complexity index is 181. The molecule has 0 aromatic heterocycles. The maximum Gasteiger partial charge on any atom is 0.393 e. The van der Waals surface area contributed by atoms with Crippen molar-refractivity contribution < 1.29 is 22.7 Å². The van der Waals surface area contributed by atoms with Crippen molar-refractivity contribution in [3.05, 3.63) is 0 Å². The normalized spacial score (nSPS) is 16.5. The predicted octanol–water partition coefficient (Wildman–Crippen LogP) is 2.51. The molecule has 0 N–H and O–H groups in total. The van der Waals surface area contributed by atoms with Crippen molar-refractivity contribution >= 4 is 21.9 Å². The summed E-state index contributed by atoms with van der Waals surface area (Å²) in [6, 6.07) is 0. The lowest BCUT2D eigenvalue weighted by atomic mass is 10.1. The minimum absolute atomic E-state index is 0.0749.